The number of para-hydroxylation sites is 1. The number of hydrogen-bond acceptors (Lipinski definition) is 4. The number of benzene rings is 1. The van der Waals surface area contributed by atoms with E-state index >= 15 is 0 Å². The van der Waals surface area contributed by atoms with Crippen molar-refractivity contribution in [2.75, 3.05) is 26.4 Å². The van der Waals surface area contributed by atoms with Gasteiger partial charge >= 0.3 is 0 Å². The predicted molar refractivity (Wildman–Crippen MR) is 65.0 cm³/mol. The Balaban J connectivity index is 1.70. The molecule has 0 aliphatic carbocycles. The van der Waals surface area contributed by atoms with E-state index in [2.05, 4.69) is 0 Å². The third kappa shape index (κ3) is 3.70. The van der Waals surface area contributed by atoms with Crippen LogP contribution in [0.2, 0.25) is 0 Å². The van der Waals surface area contributed by atoms with Gasteiger partial charge in [0.15, 0.2) is 0 Å². The van der Waals surface area contributed by atoms with Gasteiger partial charge in [0.1, 0.15) is 12.4 Å². The Morgan fingerprint density at radius 2 is 2.18 bits per heavy atom. The highest BCUT2D eigenvalue weighted by molar-refractivity contribution is 5.32. The number of hydrogen-bond donors (Lipinski definition) is 1. The van der Waals surface area contributed by atoms with Crippen molar-refractivity contribution in [2.24, 2.45) is 5.73 Å². The molecule has 94 valence electrons. The van der Waals surface area contributed by atoms with Gasteiger partial charge in [0, 0.05) is 18.7 Å². The molecule has 1 atom stereocenters. The van der Waals surface area contributed by atoms with Crippen LogP contribution in [-0.4, -0.2) is 32.5 Å². The van der Waals surface area contributed by atoms with Crippen molar-refractivity contribution in [3.8, 4) is 5.75 Å². The average molecular weight is 237 g/mol. The van der Waals surface area contributed by atoms with Crippen LogP contribution in [0, 0.1) is 0 Å². The molecule has 0 aromatic heterocycles. The second kappa shape index (κ2) is 6.59. The van der Waals surface area contributed by atoms with Crippen LogP contribution in [0.1, 0.15) is 12.0 Å². The molecule has 1 fully saturated rings. The highest BCUT2D eigenvalue weighted by Crippen LogP contribution is 2.17. The Labute approximate surface area is 102 Å². The first kappa shape index (κ1) is 12.4. The lowest BCUT2D eigenvalue weighted by Crippen LogP contribution is -2.17. The maximum absolute atomic E-state index is 5.64. The fourth-order valence-corrected chi connectivity index (χ4v) is 1.82. The molecule has 1 aliphatic heterocycles. The maximum atomic E-state index is 5.64. The van der Waals surface area contributed by atoms with E-state index in [1.165, 1.54) is 0 Å². The van der Waals surface area contributed by atoms with Crippen molar-refractivity contribution in [3.63, 3.8) is 0 Å². The largest absolute Gasteiger partial charge is 0.491 e. The van der Waals surface area contributed by atoms with E-state index < -0.39 is 0 Å². The lowest BCUT2D eigenvalue weighted by molar-refractivity contribution is 0.0264. The monoisotopic (exact) mass is 237 g/mol. The summed E-state index contributed by atoms with van der Waals surface area (Å²) in [5.74, 6) is 0.848. The van der Waals surface area contributed by atoms with Gasteiger partial charge in [-0.3, -0.25) is 0 Å². The highest BCUT2D eigenvalue weighted by Gasteiger charge is 2.15. The van der Waals surface area contributed by atoms with E-state index in [1.54, 1.807) is 0 Å². The molecule has 4 heteroatoms. The first-order valence-corrected chi connectivity index (χ1v) is 6.00. The lowest BCUT2D eigenvalue weighted by Gasteiger charge is -2.12. The van der Waals surface area contributed by atoms with Crippen LogP contribution in [0.25, 0.3) is 0 Å². The van der Waals surface area contributed by atoms with Crippen molar-refractivity contribution in [1.82, 2.24) is 0 Å². The molecule has 2 N–H and O–H groups in total. The summed E-state index contributed by atoms with van der Waals surface area (Å²) in [6, 6.07) is 7.81. The molecular weight excluding hydrogens is 218 g/mol. The predicted octanol–water partition coefficient (Wildman–Crippen LogP) is 1.33. The van der Waals surface area contributed by atoms with Gasteiger partial charge in [0.2, 0.25) is 0 Å². The zero-order valence-electron chi connectivity index (χ0n) is 9.93. The van der Waals surface area contributed by atoms with Crippen LogP contribution >= 0.6 is 0 Å². The first-order chi connectivity index (χ1) is 8.40. The van der Waals surface area contributed by atoms with Gasteiger partial charge in [0.25, 0.3) is 0 Å². The zero-order valence-corrected chi connectivity index (χ0v) is 9.93. The van der Waals surface area contributed by atoms with Gasteiger partial charge in [-0.2, -0.15) is 0 Å². The molecule has 2 rings (SSSR count). The van der Waals surface area contributed by atoms with Gasteiger partial charge in [-0.15, -0.1) is 0 Å². The van der Waals surface area contributed by atoms with Crippen molar-refractivity contribution >= 4 is 0 Å². The Bertz CT molecular complexity index is 337. The quantitative estimate of drug-likeness (QED) is 0.758. The summed E-state index contributed by atoms with van der Waals surface area (Å²) in [6.07, 6.45) is 1.22. The lowest BCUT2D eigenvalue weighted by atomic mass is 10.2. The first-order valence-electron chi connectivity index (χ1n) is 6.00. The smallest absolute Gasteiger partial charge is 0.123 e. The van der Waals surface area contributed by atoms with Gasteiger partial charge in [0.05, 0.1) is 19.3 Å². The van der Waals surface area contributed by atoms with E-state index in [0.29, 0.717) is 26.4 Å². The summed E-state index contributed by atoms with van der Waals surface area (Å²) >= 11 is 0. The summed E-state index contributed by atoms with van der Waals surface area (Å²) in [7, 11) is 0. The minimum atomic E-state index is 0.239. The molecule has 1 aromatic carbocycles. The average Bonchev–Trinajstić information content (AvgIpc) is 2.88. The van der Waals surface area contributed by atoms with Crippen molar-refractivity contribution in [3.05, 3.63) is 29.8 Å². The molecule has 1 aromatic rings. The number of nitrogens with two attached hydrogens (primary N) is 1. The van der Waals surface area contributed by atoms with Gasteiger partial charge in [-0.1, -0.05) is 18.2 Å². The molecule has 17 heavy (non-hydrogen) atoms. The van der Waals surface area contributed by atoms with Crippen molar-refractivity contribution < 1.29 is 14.2 Å². The summed E-state index contributed by atoms with van der Waals surface area (Å²) in [4.78, 5) is 0. The molecule has 1 saturated heterocycles. The summed E-state index contributed by atoms with van der Waals surface area (Å²) < 4.78 is 16.5. The van der Waals surface area contributed by atoms with Gasteiger partial charge < -0.3 is 19.9 Å². The maximum Gasteiger partial charge on any atom is 0.123 e. The fourth-order valence-electron chi connectivity index (χ4n) is 1.82. The molecule has 0 bridgehead atoms. The molecule has 0 spiro atoms. The minimum absolute atomic E-state index is 0.239. The summed E-state index contributed by atoms with van der Waals surface area (Å²) in [5, 5.41) is 0. The SMILES string of the molecule is NCc1ccccc1OCCOC1CCOC1. The molecule has 0 amide bonds. The second-order valence-corrected chi connectivity index (χ2v) is 4.02. The van der Waals surface area contributed by atoms with E-state index in [9.17, 15) is 0 Å². The second-order valence-electron chi connectivity index (χ2n) is 4.02. The summed E-state index contributed by atoms with van der Waals surface area (Å²) in [5.41, 5.74) is 6.65. The normalized spacial score (nSPS) is 19.5. The van der Waals surface area contributed by atoms with Crippen LogP contribution in [-0.2, 0) is 16.0 Å². The van der Waals surface area contributed by atoms with Crippen LogP contribution in [0.5, 0.6) is 5.75 Å². The molecule has 0 saturated carbocycles. The molecule has 1 aliphatic rings. The van der Waals surface area contributed by atoms with E-state index in [4.69, 9.17) is 19.9 Å². The van der Waals surface area contributed by atoms with Crippen LogP contribution in [0.4, 0.5) is 0 Å². The van der Waals surface area contributed by atoms with Crippen molar-refractivity contribution in [2.45, 2.75) is 19.1 Å². The van der Waals surface area contributed by atoms with Crippen LogP contribution in [0.3, 0.4) is 0 Å². The van der Waals surface area contributed by atoms with Crippen molar-refractivity contribution in [1.29, 1.82) is 0 Å². The Morgan fingerprint density at radius 3 is 2.94 bits per heavy atom. The Morgan fingerprint density at radius 1 is 1.29 bits per heavy atom. The zero-order chi connectivity index (χ0) is 11.9. The topological polar surface area (TPSA) is 53.7 Å². The molecule has 1 heterocycles. The third-order valence-corrected chi connectivity index (χ3v) is 2.77. The van der Waals surface area contributed by atoms with Gasteiger partial charge in [-0.25, -0.2) is 0 Å². The van der Waals surface area contributed by atoms with E-state index in [1.807, 2.05) is 24.3 Å². The Hall–Kier alpha value is -1.10. The fraction of sp³-hybridized carbons (Fsp3) is 0.538. The van der Waals surface area contributed by atoms with E-state index in [0.717, 1.165) is 24.3 Å². The molecule has 4 nitrogen and oxygen atoms in total. The van der Waals surface area contributed by atoms with Crippen LogP contribution in [0.15, 0.2) is 24.3 Å². The molecule has 1 unspecified atom stereocenters. The standard InChI is InChI=1S/C13H19NO3/c14-9-11-3-1-2-4-13(11)17-8-7-16-12-5-6-15-10-12/h1-4,12H,5-10,14H2. The number of ether oxygens (including phenoxy) is 3. The number of rotatable bonds is 6. The van der Waals surface area contributed by atoms with Gasteiger partial charge in [-0.05, 0) is 12.5 Å². The highest BCUT2D eigenvalue weighted by atomic mass is 16.6. The molecule has 0 radical (unpaired) electrons. The van der Waals surface area contributed by atoms with Crippen LogP contribution < -0.4 is 10.5 Å². The van der Waals surface area contributed by atoms with E-state index in [-0.39, 0.29) is 6.10 Å². The molecular formula is C13H19NO3. The minimum Gasteiger partial charge on any atom is -0.491 e. The Kier molecular flexibility index (Phi) is 4.79. The third-order valence-electron chi connectivity index (χ3n) is 2.77. The summed E-state index contributed by atoms with van der Waals surface area (Å²) in [6.45, 7) is 3.15.